The molecule has 0 spiro atoms. The van der Waals surface area contributed by atoms with Crippen LogP contribution in [0.1, 0.15) is 35.6 Å². The van der Waals surface area contributed by atoms with Gasteiger partial charge in [0, 0.05) is 5.56 Å². The number of hydrogen-bond acceptors (Lipinski definition) is 2. The van der Waals surface area contributed by atoms with Crippen molar-refractivity contribution in [2.24, 2.45) is 0 Å². The van der Waals surface area contributed by atoms with E-state index in [0.29, 0.717) is 0 Å². The van der Waals surface area contributed by atoms with Gasteiger partial charge in [0.2, 0.25) is 5.91 Å². The molecule has 0 saturated carbocycles. The summed E-state index contributed by atoms with van der Waals surface area (Å²) in [6.07, 6.45) is 0. The van der Waals surface area contributed by atoms with Gasteiger partial charge in [0.05, 0.1) is 19.1 Å². The fourth-order valence-electron chi connectivity index (χ4n) is 3.18. The second kappa shape index (κ2) is 8.34. The van der Waals surface area contributed by atoms with Crippen molar-refractivity contribution in [2.75, 3.05) is 7.11 Å². The van der Waals surface area contributed by atoms with E-state index < -0.39 is 0 Å². The Labute approximate surface area is 154 Å². The zero-order chi connectivity index (χ0) is 18.4. The van der Waals surface area contributed by atoms with E-state index in [2.05, 4.69) is 5.32 Å². The summed E-state index contributed by atoms with van der Waals surface area (Å²) >= 11 is 0. The number of carbonyl (C=O) groups excluding carboxylic acids is 1. The maximum atomic E-state index is 13.2. The SMILES string of the molecule is COc1ccccc1C(C)NC(=O)C(c1ccccc1)c1ccccc1. The third-order valence-corrected chi connectivity index (χ3v) is 4.49. The third-order valence-electron chi connectivity index (χ3n) is 4.49. The van der Waals surface area contributed by atoms with Crippen molar-refractivity contribution in [3.05, 3.63) is 102 Å². The van der Waals surface area contributed by atoms with Crippen molar-refractivity contribution in [3.63, 3.8) is 0 Å². The minimum atomic E-state index is -0.352. The molecule has 1 unspecified atom stereocenters. The van der Waals surface area contributed by atoms with E-state index in [9.17, 15) is 4.79 Å². The summed E-state index contributed by atoms with van der Waals surface area (Å²) in [4.78, 5) is 13.2. The molecule has 0 aliphatic heterocycles. The molecule has 3 aromatic rings. The van der Waals surface area contributed by atoms with Crippen molar-refractivity contribution in [3.8, 4) is 5.75 Å². The third kappa shape index (κ3) is 3.94. The van der Waals surface area contributed by atoms with Crippen LogP contribution in [0.5, 0.6) is 5.75 Å². The standard InChI is InChI=1S/C23H23NO2/c1-17(20-15-9-10-16-21(20)26-2)24-23(25)22(18-11-5-3-6-12-18)19-13-7-4-8-14-19/h3-17,22H,1-2H3,(H,24,25). The Kier molecular flexibility index (Phi) is 5.69. The lowest BCUT2D eigenvalue weighted by atomic mass is 9.90. The molecule has 0 aliphatic carbocycles. The fraction of sp³-hybridized carbons (Fsp3) is 0.174. The highest BCUT2D eigenvalue weighted by Gasteiger charge is 2.24. The zero-order valence-corrected chi connectivity index (χ0v) is 15.1. The lowest BCUT2D eigenvalue weighted by molar-refractivity contribution is -0.122. The van der Waals surface area contributed by atoms with Crippen LogP contribution in [0.15, 0.2) is 84.9 Å². The molecule has 0 aliphatic rings. The Morgan fingerprint density at radius 1 is 0.808 bits per heavy atom. The van der Waals surface area contributed by atoms with E-state index in [1.165, 1.54) is 0 Å². The molecule has 0 aromatic heterocycles. The summed E-state index contributed by atoms with van der Waals surface area (Å²) in [5.41, 5.74) is 2.91. The molecule has 132 valence electrons. The normalized spacial score (nSPS) is 11.8. The number of hydrogen-bond donors (Lipinski definition) is 1. The lowest BCUT2D eigenvalue weighted by Crippen LogP contribution is -2.32. The number of nitrogens with one attached hydrogen (secondary N) is 1. The number of benzene rings is 3. The second-order valence-electron chi connectivity index (χ2n) is 6.23. The summed E-state index contributed by atoms with van der Waals surface area (Å²) in [5, 5.41) is 3.15. The number of rotatable bonds is 6. The van der Waals surface area contributed by atoms with Gasteiger partial charge in [-0.3, -0.25) is 4.79 Å². The molecular weight excluding hydrogens is 322 g/mol. The van der Waals surface area contributed by atoms with Gasteiger partial charge < -0.3 is 10.1 Å². The molecule has 0 fully saturated rings. The van der Waals surface area contributed by atoms with Gasteiger partial charge >= 0.3 is 0 Å². The molecule has 1 amide bonds. The fourth-order valence-corrected chi connectivity index (χ4v) is 3.18. The van der Waals surface area contributed by atoms with Crippen molar-refractivity contribution in [1.82, 2.24) is 5.32 Å². The van der Waals surface area contributed by atoms with Crippen molar-refractivity contribution >= 4 is 5.91 Å². The Balaban J connectivity index is 1.89. The number of ether oxygens (including phenoxy) is 1. The van der Waals surface area contributed by atoms with Gasteiger partial charge in [0.15, 0.2) is 0 Å². The largest absolute Gasteiger partial charge is 0.496 e. The zero-order valence-electron chi connectivity index (χ0n) is 15.1. The average Bonchev–Trinajstić information content (AvgIpc) is 2.69. The minimum absolute atomic E-state index is 0.0270. The highest BCUT2D eigenvalue weighted by atomic mass is 16.5. The van der Waals surface area contributed by atoms with E-state index >= 15 is 0 Å². The predicted molar refractivity (Wildman–Crippen MR) is 104 cm³/mol. The number of amides is 1. The first kappa shape index (κ1) is 17.7. The maximum absolute atomic E-state index is 13.2. The van der Waals surface area contributed by atoms with Gasteiger partial charge in [-0.15, -0.1) is 0 Å². The van der Waals surface area contributed by atoms with Crippen LogP contribution in [0.2, 0.25) is 0 Å². The van der Waals surface area contributed by atoms with Gasteiger partial charge in [0.1, 0.15) is 5.75 Å². The van der Waals surface area contributed by atoms with Crippen LogP contribution in [-0.2, 0) is 4.79 Å². The predicted octanol–water partition coefficient (Wildman–Crippen LogP) is 4.70. The Morgan fingerprint density at radius 3 is 1.85 bits per heavy atom. The van der Waals surface area contributed by atoms with Gasteiger partial charge in [-0.25, -0.2) is 0 Å². The van der Waals surface area contributed by atoms with Gasteiger partial charge in [-0.1, -0.05) is 78.9 Å². The molecule has 0 heterocycles. The smallest absolute Gasteiger partial charge is 0.232 e. The molecule has 3 nitrogen and oxygen atoms in total. The number of para-hydroxylation sites is 1. The molecule has 1 atom stereocenters. The first-order valence-corrected chi connectivity index (χ1v) is 8.74. The first-order chi connectivity index (χ1) is 12.7. The molecule has 26 heavy (non-hydrogen) atoms. The monoisotopic (exact) mass is 345 g/mol. The number of methoxy groups -OCH3 is 1. The Bertz CT molecular complexity index is 807. The van der Waals surface area contributed by atoms with E-state index in [-0.39, 0.29) is 17.9 Å². The molecule has 3 rings (SSSR count). The van der Waals surface area contributed by atoms with Crippen LogP contribution in [0, 0.1) is 0 Å². The summed E-state index contributed by atoms with van der Waals surface area (Å²) in [5.74, 6) is 0.395. The molecule has 3 aromatic carbocycles. The van der Waals surface area contributed by atoms with Crippen LogP contribution >= 0.6 is 0 Å². The number of carbonyl (C=O) groups is 1. The van der Waals surface area contributed by atoms with Crippen LogP contribution in [0.3, 0.4) is 0 Å². The van der Waals surface area contributed by atoms with Crippen molar-refractivity contribution in [2.45, 2.75) is 18.9 Å². The van der Waals surface area contributed by atoms with Crippen LogP contribution in [0.4, 0.5) is 0 Å². The second-order valence-corrected chi connectivity index (χ2v) is 6.23. The quantitative estimate of drug-likeness (QED) is 0.703. The maximum Gasteiger partial charge on any atom is 0.232 e. The van der Waals surface area contributed by atoms with E-state index in [1.807, 2.05) is 91.9 Å². The van der Waals surface area contributed by atoms with E-state index in [0.717, 1.165) is 22.4 Å². The van der Waals surface area contributed by atoms with Gasteiger partial charge in [-0.2, -0.15) is 0 Å². The van der Waals surface area contributed by atoms with Crippen LogP contribution in [0.25, 0.3) is 0 Å². The highest BCUT2D eigenvalue weighted by molar-refractivity contribution is 5.87. The topological polar surface area (TPSA) is 38.3 Å². The molecule has 0 bridgehead atoms. The van der Waals surface area contributed by atoms with Gasteiger partial charge in [-0.05, 0) is 24.1 Å². The highest BCUT2D eigenvalue weighted by Crippen LogP contribution is 2.28. The molecular formula is C23H23NO2. The van der Waals surface area contributed by atoms with Gasteiger partial charge in [0.25, 0.3) is 0 Å². The average molecular weight is 345 g/mol. The molecule has 1 N–H and O–H groups in total. The Morgan fingerprint density at radius 2 is 1.31 bits per heavy atom. The molecule has 0 saturated heterocycles. The lowest BCUT2D eigenvalue weighted by Gasteiger charge is -2.22. The van der Waals surface area contributed by atoms with E-state index in [1.54, 1.807) is 7.11 Å². The first-order valence-electron chi connectivity index (χ1n) is 8.74. The van der Waals surface area contributed by atoms with Crippen LogP contribution < -0.4 is 10.1 Å². The van der Waals surface area contributed by atoms with Crippen molar-refractivity contribution in [1.29, 1.82) is 0 Å². The van der Waals surface area contributed by atoms with Crippen molar-refractivity contribution < 1.29 is 9.53 Å². The van der Waals surface area contributed by atoms with Crippen LogP contribution in [-0.4, -0.2) is 13.0 Å². The summed E-state index contributed by atoms with van der Waals surface area (Å²) in [7, 11) is 1.64. The summed E-state index contributed by atoms with van der Waals surface area (Å²) in [6.45, 7) is 1.98. The molecule has 3 heteroatoms. The summed E-state index contributed by atoms with van der Waals surface area (Å²) < 4.78 is 5.43. The molecule has 0 radical (unpaired) electrons. The summed E-state index contributed by atoms with van der Waals surface area (Å²) in [6, 6.07) is 27.3. The Hall–Kier alpha value is -3.07. The van der Waals surface area contributed by atoms with E-state index in [4.69, 9.17) is 4.74 Å². The minimum Gasteiger partial charge on any atom is -0.496 e.